The highest BCUT2D eigenvalue weighted by atomic mass is 16.4. The lowest BCUT2D eigenvalue weighted by atomic mass is 9.60. The number of unbranched alkanes of at least 4 members (excludes halogenated alkanes) is 6. The standard InChI is InChI=1S/C22H40O2/c1-2-3-4-5-6-7-9-12-19-13-15-20(16-14-19)22(21(23)24)17-10-8-11-18-22/h19-20H,2-18H2,1H3,(H,23,24)/t19-,20-. The highest BCUT2D eigenvalue weighted by molar-refractivity contribution is 5.75. The molecule has 2 nitrogen and oxygen atoms in total. The Balaban J connectivity index is 1.64. The van der Waals surface area contributed by atoms with E-state index in [0.29, 0.717) is 5.92 Å². The van der Waals surface area contributed by atoms with E-state index in [9.17, 15) is 9.90 Å². The smallest absolute Gasteiger partial charge is 0.309 e. The molecule has 2 rings (SSSR count). The van der Waals surface area contributed by atoms with Crippen LogP contribution in [0.25, 0.3) is 0 Å². The maximum atomic E-state index is 12.0. The first-order valence-corrected chi connectivity index (χ1v) is 10.9. The molecule has 2 saturated carbocycles. The number of rotatable bonds is 10. The number of carbonyl (C=O) groups is 1. The fourth-order valence-electron chi connectivity index (χ4n) is 5.37. The molecular formula is C22H40O2. The van der Waals surface area contributed by atoms with Crippen molar-refractivity contribution >= 4 is 5.97 Å². The van der Waals surface area contributed by atoms with Gasteiger partial charge in [0, 0.05) is 0 Å². The maximum Gasteiger partial charge on any atom is 0.309 e. The summed E-state index contributed by atoms with van der Waals surface area (Å²) in [6, 6.07) is 0. The van der Waals surface area contributed by atoms with E-state index in [1.54, 1.807) is 0 Å². The molecule has 0 amide bonds. The molecule has 2 aliphatic carbocycles. The largest absolute Gasteiger partial charge is 0.481 e. The van der Waals surface area contributed by atoms with Crippen LogP contribution >= 0.6 is 0 Å². The predicted octanol–water partition coefficient (Wildman–Crippen LogP) is 6.97. The van der Waals surface area contributed by atoms with Gasteiger partial charge in [0.1, 0.15) is 0 Å². The molecule has 2 heteroatoms. The van der Waals surface area contributed by atoms with Crippen LogP contribution in [0.15, 0.2) is 0 Å². The lowest BCUT2D eigenvalue weighted by Crippen LogP contribution is -2.42. The van der Waals surface area contributed by atoms with Crippen LogP contribution in [0.4, 0.5) is 0 Å². The number of carboxylic acids is 1. The van der Waals surface area contributed by atoms with Crippen LogP contribution in [0.2, 0.25) is 0 Å². The average molecular weight is 337 g/mol. The summed E-state index contributed by atoms with van der Waals surface area (Å²) in [6.45, 7) is 2.28. The minimum absolute atomic E-state index is 0.359. The van der Waals surface area contributed by atoms with Crippen molar-refractivity contribution in [2.45, 2.75) is 116 Å². The highest BCUT2D eigenvalue weighted by Crippen LogP contribution is 2.49. The summed E-state index contributed by atoms with van der Waals surface area (Å²) in [5.41, 5.74) is -0.359. The third-order valence-electron chi connectivity index (χ3n) is 7.02. The van der Waals surface area contributed by atoms with E-state index in [1.807, 2.05) is 0 Å². The molecule has 1 N–H and O–H groups in total. The van der Waals surface area contributed by atoms with Gasteiger partial charge in [0.2, 0.25) is 0 Å². The van der Waals surface area contributed by atoms with Gasteiger partial charge in [-0.05, 0) is 37.5 Å². The van der Waals surface area contributed by atoms with Crippen LogP contribution in [0.3, 0.4) is 0 Å². The van der Waals surface area contributed by atoms with Crippen LogP contribution in [0.5, 0.6) is 0 Å². The fraction of sp³-hybridized carbons (Fsp3) is 0.955. The van der Waals surface area contributed by atoms with E-state index in [1.165, 1.54) is 83.5 Å². The van der Waals surface area contributed by atoms with E-state index in [2.05, 4.69) is 6.92 Å². The van der Waals surface area contributed by atoms with Gasteiger partial charge in [-0.2, -0.15) is 0 Å². The SMILES string of the molecule is CCCCCCCCC[C@H]1CC[C@H](C2(C(=O)O)CCCCC2)CC1. The lowest BCUT2D eigenvalue weighted by molar-refractivity contribution is -0.157. The summed E-state index contributed by atoms with van der Waals surface area (Å²) in [5, 5.41) is 9.87. The first kappa shape index (κ1) is 19.8. The van der Waals surface area contributed by atoms with E-state index in [4.69, 9.17) is 0 Å². The van der Waals surface area contributed by atoms with Crippen LogP contribution < -0.4 is 0 Å². The Morgan fingerprint density at radius 1 is 0.875 bits per heavy atom. The fourth-order valence-corrected chi connectivity index (χ4v) is 5.37. The van der Waals surface area contributed by atoms with Crippen LogP contribution in [0.1, 0.15) is 116 Å². The molecule has 0 aromatic rings. The van der Waals surface area contributed by atoms with E-state index in [-0.39, 0.29) is 5.41 Å². The monoisotopic (exact) mass is 336 g/mol. The zero-order valence-corrected chi connectivity index (χ0v) is 16.0. The van der Waals surface area contributed by atoms with E-state index in [0.717, 1.165) is 31.6 Å². The van der Waals surface area contributed by atoms with E-state index >= 15 is 0 Å². The summed E-state index contributed by atoms with van der Waals surface area (Å²) >= 11 is 0. The van der Waals surface area contributed by atoms with Crippen LogP contribution in [-0.2, 0) is 4.79 Å². The van der Waals surface area contributed by atoms with Crippen LogP contribution in [-0.4, -0.2) is 11.1 Å². The molecule has 0 unspecified atom stereocenters. The number of aliphatic carboxylic acids is 1. The van der Waals surface area contributed by atoms with Crippen molar-refractivity contribution in [1.82, 2.24) is 0 Å². The summed E-state index contributed by atoms with van der Waals surface area (Å²) < 4.78 is 0. The van der Waals surface area contributed by atoms with Crippen molar-refractivity contribution in [3.05, 3.63) is 0 Å². The van der Waals surface area contributed by atoms with E-state index < -0.39 is 5.97 Å². The average Bonchev–Trinajstić information content (AvgIpc) is 2.62. The molecule has 24 heavy (non-hydrogen) atoms. The Hall–Kier alpha value is -0.530. The van der Waals surface area contributed by atoms with Gasteiger partial charge >= 0.3 is 5.97 Å². The summed E-state index contributed by atoms with van der Waals surface area (Å²) in [5.74, 6) is 0.852. The quantitative estimate of drug-likeness (QED) is 0.437. The summed E-state index contributed by atoms with van der Waals surface area (Å²) in [6.07, 6.45) is 21.5. The van der Waals surface area contributed by atoms with Gasteiger partial charge in [-0.1, -0.05) is 90.4 Å². The van der Waals surface area contributed by atoms with Crippen molar-refractivity contribution in [2.24, 2.45) is 17.3 Å². The molecule has 0 atom stereocenters. The van der Waals surface area contributed by atoms with Crippen molar-refractivity contribution in [2.75, 3.05) is 0 Å². The second-order valence-electron chi connectivity index (χ2n) is 8.65. The predicted molar refractivity (Wildman–Crippen MR) is 101 cm³/mol. The second-order valence-corrected chi connectivity index (χ2v) is 8.65. The molecule has 2 fully saturated rings. The second kappa shape index (κ2) is 10.5. The normalized spacial score (nSPS) is 27.0. The van der Waals surface area contributed by atoms with Gasteiger partial charge in [-0.25, -0.2) is 0 Å². The molecule has 0 spiro atoms. The molecule has 0 radical (unpaired) electrons. The third kappa shape index (κ3) is 5.49. The molecular weight excluding hydrogens is 296 g/mol. The van der Waals surface area contributed by atoms with Gasteiger partial charge in [0.15, 0.2) is 0 Å². The molecule has 0 bridgehead atoms. The van der Waals surface area contributed by atoms with Gasteiger partial charge < -0.3 is 5.11 Å². The third-order valence-corrected chi connectivity index (χ3v) is 7.02. The first-order valence-electron chi connectivity index (χ1n) is 10.9. The number of hydrogen-bond donors (Lipinski definition) is 1. The summed E-state index contributed by atoms with van der Waals surface area (Å²) in [7, 11) is 0. The Labute approximate surface area is 149 Å². The molecule has 0 aromatic heterocycles. The molecule has 0 aromatic carbocycles. The topological polar surface area (TPSA) is 37.3 Å². The molecule has 2 aliphatic rings. The van der Waals surface area contributed by atoms with Crippen molar-refractivity contribution < 1.29 is 9.90 Å². The Morgan fingerprint density at radius 3 is 2.04 bits per heavy atom. The Bertz CT molecular complexity index is 349. The Morgan fingerprint density at radius 2 is 1.46 bits per heavy atom. The van der Waals surface area contributed by atoms with Gasteiger partial charge in [-0.3, -0.25) is 4.79 Å². The molecule has 0 aliphatic heterocycles. The Kier molecular flexibility index (Phi) is 8.62. The minimum atomic E-state index is -0.488. The van der Waals surface area contributed by atoms with Gasteiger partial charge in [0.25, 0.3) is 0 Å². The highest BCUT2D eigenvalue weighted by Gasteiger charge is 2.46. The number of carboxylic acid groups (broad SMARTS) is 1. The maximum absolute atomic E-state index is 12.0. The molecule has 0 saturated heterocycles. The van der Waals surface area contributed by atoms with Crippen molar-refractivity contribution in [3.8, 4) is 0 Å². The molecule has 140 valence electrons. The van der Waals surface area contributed by atoms with Crippen LogP contribution in [0, 0.1) is 17.3 Å². The molecule has 0 heterocycles. The zero-order valence-electron chi connectivity index (χ0n) is 16.0. The minimum Gasteiger partial charge on any atom is -0.481 e. The van der Waals surface area contributed by atoms with Crippen molar-refractivity contribution in [1.29, 1.82) is 0 Å². The number of hydrogen-bond acceptors (Lipinski definition) is 1. The lowest BCUT2D eigenvalue weighted by Gasteiger charge is -2.43. The van der Waals surface area contributed by atoms with Crippen molar-refractivity contribution in [3.63, 3.8) is 0 Å². The summed E-state index contributed by atoms with van der Waals surface area (Å²) in [4.78, 5) is 12.0. The first-order chi connectivity index (χ1) is 11.7. The van der Waals surface area contributed by atoms with Gasteiger partial charge in [-0.15, -0.1) is 0 Å². The van der Waals surface area contributed by atoms with Gasteiger partial charge in [0.05, 0.1) is 5.41 Å². The zero-order chi connectivity index (χ0) is 17.3.